The van der Waals surface area contributed by atoms with Gasteiger partial charge < -0.3 is 11.1 Å². The minimum Gasteiger partial charge on any atom is -0.353 e. The van der Waals surface area contributed by atoms with Crippen LogP contribution in [0.1, 0.15) is 32.1 Å². The first-order valence-corrected chi connectivity index (χ1v) is 5.31. The third-order valence-electron chi connectivity index (χ3n) is 3.48. The summed E-state index contributed by atoms with van der Waals surface area (Å²) in [6, 6.07) is 0.462. The number of carbonyl (C=O) groups excluding carboxylic acids is 1. The van der Waals surface area contributed by atoms with E-state index in [1.165, 1.54) is 25.7 Å². The van der Waals surface area contributed by atoms with Crippen molar-refractivity contribution in [3.8, 4) is 0 Å². The van der Waals surface area contributed by atoms with Crippen LogP contribution in [-0.4, -0.2) is 18.5 Å². The summed E-state index contributed by atoms with van der Waals surface area (Å²) in [7, 11) is 0. The summed E-state index contributed by atoms with van der Waals surface area (Å²) in [6.07, 6.45) is 6.07. The van der Waals surface area contributed by atoms with Gasteiger partial charge in [0.05, 0.1) is 5.92 Å². The highest BCUT2D eigenvalue weighted by atomic mass is 16.2. The lowest BCUT2D eigenvalue weighted by Crippen LogP contribution is -2.52. The van der Waals surface area contributed by atoms with Gasteiger partial charge in [-0.05, 0) is 25.2 Å². The van der Waals surface area contributed by atoms with Crippen LogP contribution in [0.25, 0.3) is 0 Å². The second kappa shape index (κ2) is 3.66. The van der Waals surface area contributed by atoms with Crippen LogP contribution in [0.2, 0.25) is 0 Å². The molecule has 2 aliphatic rings. The van der Waals surface area contributed by atoms with Gasteiger partial charge in [0.1, 0.15) is 0 Å². The Bertz CT molecular complexity index is 205. The van der Waals surface area contributed by atoms with Crippen LogP contribution < -0.4 is 11.1 Å². The lowest BCUT2D eigenvalue weighted by Gasteiger charge is -2.39. The smallest absolute Gasteiger partial charge is 0.224 e. The molecule has 0 aromatic heterocycles. The predicted octanol–water partition coefficient (Wildman–Crippen LogP) is 0.640. The molecule has 1 saturated carbocycles. The zero-order chi connectivity index (χ0) is 9.26. The van der Waals surface area contributed by atoms with Gasteiger partial charge >= 0.3 is 0 Å². The first-order chi connectivity index (χ1) is 6.31. The standard InChI is InChI=1S/C10H18N2O/c11-6-8-5-7-3-1-2-4-9(7)12-10(8)13/h7-9H,1-6,11H2,(H,12,13). The molecule has 2 rings (SSSR count). The molecule has 1 aliphatic carbocycles. The highest BCUT2D eigenvalue weighted by Crippen LogP contribution is 2.32. The summed E-state index contributed by atoms with van der Waals surface area (Å²) in [5.74, 6) is 0.977. The topological polar surface area (TPSA) is 55.1 Å². The van der Waals surface area contributed by atoms with Gasteiger partial charge in [-0.25, -0.2) is 0 Å². The summed E-state index contributed by atoms with van der Waals surface area (Å²) < 4.78 is 0. The summed E-state index contributed by atoms with van der Waals surface area (Å²) >= 11 is 0. The molecule has 3 unspecified atom stereocenters. The number of hydrogen-bond donors (Lipinski definition) is 2. The molecular weight excluding hydrogens is 164 g/mol. The molecule has 3 nitrogen and oxygen atoms in total. The number of nitrogens with two attached hydrogens (primary N) is 1. The van der Waals surface area contributed by atoms with Crippen molar-refractivity contribution in [2.24, 2.45) is 17.6 Å². The second-order valence-electron chi connectivity index (χ2n) is 4.33. The summed E-state index contributed by atoms with van der Waals surface area (Å²) in [4.78, 5) is 11.5. The van der Waals surface area contributed by atoms with Crippen molar-refractivity contribution >= 4 is 5.91 Å². The molecule has 3 N–H and O–H groups in total. The Morgan fingerprint density at radius 1 is 1.38 bits per heavy atom. The van der Waals surface area contributed by atoms with Crippen molar-refractivity contribution in [1.29, 1.82) is 0 Å². The number of amides is 1. The largest absolute Gasteiger partial charge is 0.353 e. The lowest BCUT2D eigenvalue weighted by atomic mass is 9.76. The summed E-state index contributed by atoms with van der Waals surface area (Å²) in [6.45, 7) is 0.509. The molecule has 0 aromatic carbocycles. The Kier molecular flexibility index (Phi) is 2.54. The van der Waals surface area contributed by atoms with Gasteiger partial charge in [0.25, 0.3) is 0 Å². The molecule has 13 heavy (non-hydrogen) atoms. The fraction of sp³-hybridized carbons (Fsp3) is 0.900. The van der Waals surface area contributed by atoms with Crippen molar-refractivity contribution in [3.63, 3.8) is 0 Å². The molecule has 0 bridgehead atoms. The highest BCUT2D eigenvalue weighted by Gasteiger charge is 2.35. The van der Waals surface area contributed by atoms with Gasteiger partial charge in [-0.3, -0.25) is 4.79 Å². The van der Waals surface area contributed by atoms with Crippen LogP contribution in [0.4, 0.5) is 0 Å². The van der Waals surface area contributed by atoms with E-state index >= 15 is 0 Å². The quantitative estimate of drug-likeness (QED) is 0.625. The van der Waals surface area contributed by atoms with Gasteiger partial charge in [-0.15, -0.1) is 0 Å². The van der Waals surface area contributed by atoms with E-state index in [2.05, 4.69) is 5.32 Å². The van der Waals surface area contributed by atoms with Gasteiger partial charge in [-0.1, -0.05) is 12.8 Å². The predicted molar refractivity (Wildman–Crippen MR) is 51.1 cm³/mol. The monoisotopic (exact) mass is 182 g/mol. The van der Waals surface area contributed by atoms with Crippen molar-refractivity contribution in [2.45, 2.75) is 38.1 Å². The maximum Gasteiger partial charge on any atom is 0.224 e. The molecule has 3 atom stereocenters. The maximum atomic E-state index is 11.5. The number of nitrogens with one attached hydrogen (secondary N) is 1. The number of carbonyl (C=O) groups is 1. The van der Waals surface area contributed by atoms with E-state index in [9.17, 15) is 4.79 Å². The molecule has 0 spiro atoms. The van der Waals surface area contributed by atoms with E-state index < -0.39 is 0 Å². The Morgan fingerprint density at radius 2 is 2.15 bits per heavy atom. The third kappa shape index (κ3) is 1.70. The van der Waals surface area contributed by atoms with Crippen LogP contribution in [0.5, 0.6) is 0 Å². The molecule has 1 heterocycles. The molecule has 2 fully saturated rings. The lowest BCUT2D eigenvalue weighted by molar-refractivity contribution is -0.129. The average molecular weight is 182 g/mol. The van der Waals surface area contributed by atoms with Crippen LogP contribution >= 0.6 is 0 Å². The Hall–Kier alpha value is -0.570. The van der Waals surface area contributed by atoms with E-state index in [4.69, 9.17) is 5.73 Å². The minimum absolute atomic E-state index is 0.0827. The zero-order valence-corrected chi connectivity index (χ0v) is 7.96. The third-order valence-corrected chi connectivity index (χ3v) is 3.48. The Labute approximate surface area is 79.1 Å². The first kappa shape index (κ1) is 9.00. The van der Waals surface area contributed by atoms with Crippen LogP contribution in [0, 0.1) is 11.8 Å². The normalized spacial score (nSPS) is 39.5. The maximum absolute atomic E-state index is 11.5. The second-order valence-corrected chi connectivity index (χ2v) is 4.33. The summed E-state index contributed by atoms with van der Waals surface area (Å²) in [5.41, 5.74) is 5.55. The van der Waals surface area contributed by atoms with Crippen LogP contribution in [0.15, 0.2) is 0 Å². The van der Waals surface area contributed by atoms with Crippen molar-refractivity contribution in [3.05, 3.63) is 0 Å². The fourth-order valence-electron chi connectivity index (χ4n) is 2.66. The van der Waals surface area contributed by atoms with Crippen molar-refractivity contribution in [2.75, 3.05) is 6.54 Å². The van der Waals surface area contributed by atoms with Gasteiger partial charge in [-0.2, -0.15) is 0 Å². The molecular formula is C10H18N2O. The number of piperidine rings is 1. The van der Waals surface area contributed by atoms with Crippen LogP contribution in [0.3, 0.4) is 0 Å². The van der Waals surface area contributed by atoms with E-state index in [-0.39, 0.29) is 11.8 Å². The first-order valence-electron chi connectivity index (χ1n) is 5.31. The average Bonchev–Trinajstić information content (AvgIpc) is 2.17. The van der Waals surface area contributed by atoms with Gasteiger partial charge in [0, 0.05) is 12.6 Å². The number of rotatable bonds is 1. The van der Waals surface area contributed by atoms with E-state index in [0.717, 1.165) is 6.42 Å². The molecule has 74 valence electrons. The van der Waals surface area contributed by atoms with Gasteiger partial charge in [0.2, 0.25) is 5.91 Å². The van der Waals surface area contributed by atoms with Crippen molar-refractivity contribution in [1.82, 2.24) is 5.32 Å². The minimum atomic E-state index is 0.0827. The molecule has 1 saturated heterocycles. The molecule has 1 amide bonds. The number of fused-ring (bicyclic) bond motifs is 1. The SMILES string of the molecule is NCC1CC2CCCCC2NC1=O. The Balaban J connectivity index is 2.01. The van der Waals surface area contributed by atoms with Crippen molar-refractivity contribution < 1.29 is 4.79 Å². The number of hydrogen-bond acceptors (Lipinski definition) is 2. The summed E-state index contributed by atoms with van der Waals surface area (Å²) in [5, 5.41) is 3.10. The van der Waals surface area contributed by atoms with E-state index in [1.54, 1.807) is 0 Å². The molecule has 0 radical (unpaired) electrons. The Morgan fingerprint density at radius 3 is 2.92 bits per heavy atom. The molecule has 1 aliphatic heterocycles. The highest BCUT2D eigenvalue weighted by molar-refractivity contribution is 5.80. The van der Waals surface area contributed by atoms with E-state index in [1.807, 2.05) is 0 Å². The van der Waals surface area contributed by atoms with E-state index in [0.29, 0.717) is 18.5 Å². The molecule has 0 aromatic rings. The van der Waals surface area contributed by atoms with Crippen LogP contribution in [-0.2, 0) is 4.79 Å². The molecule has 3 heteroatoms. The zero-order valence-electron chi connectivity index (χ0n) is 7.96. The fourth-order valence-corrected chi connectivity index (χ4v) is 2.66. The van der Waals surface area contributed by atoms with Gasteiger partial charge in [0.15, 0.2) is 0 Å².